The molecule has 0 heterocycles. The molecule has 0 aliphatic rings. The van der Waals surface area contributed by atoms with E-state index in [4.69, 9.17) is 9.47 Å². The number of benzene rings is 2. The van der Waals surface area contributed by atoms with Gasteiger partial charge in [-0.3, -0.25) is 20.4 Å². The van der Waals surface area contributed by atoms with Gasteiger partial charge in [0.25, 0.3) is 11.8 Å². The maximum Gasteiger partial charge on any atom is 0.276 e. The van der Waals surface area contributed by atoms with Crippen LogP contribution in [-0.2, 0) is 4.79 Å². The number of unbranched alkanes of at least 4 members (excludes halogenated alkanes) is 1. The number of rotatable bonds is 10. The van der Waals surface area contributed by atoms with Gasteiger partial charge in [-0.25, -0.2) is 0 Å². The number of hydrazine groups is 1. The van der Waals surface area contributed by atoms with Crippen molar-refractivity contribution in [2.75, 3.05) is 13.2 Å². The van der Waals surface area contributed by atoms with Crippen LogP contribution in [0.25, 0.3) is 0 Å². The average molecular weight is 399 g/mol. The van der Waals surface area contributed by atoms with Crippen molar-refractivity contribution >= 4 is 11.8 Å². The molecule has 156 valence electrons. The molecule has 1 atom stereocenters. The Morgan fingerprint density at radius 2 is 1.69 bits per heavy atom. The van der Waals surface area contributed by atoms with E-state index in [-0.39, 0.29) is 6.61 Å². The quantitative estimate of drug-likeness (QED) is 0.464. The summed E-state index contributed by atoms with van der Waals surface area (Å²) in [7, 11) is 0. The fourth-order valence-corrected chi connectivity index (χ4v) is 2.61. The molecule has 2 N–H and O–H groups in total. The lowest BCUT2D eigenvalue weighted by molar-refractivity contribution is -0.123. The van der Waals surface area contributed by atoms with Crippen LogP contribution in [0.5, 0.6) is 11.5 Å². The highest BCUT2D eigenvalue weighted by Crippen LogP contribution is 2.21. The third-order valence-corrected chi connectivity index (χ3v) is 4.63. The van der Waals surface area contributed by atoms with Gasteiger partial charge in [0.1, 0.15) is 11.5 Å². The van der Waals surface area contributed by atoms with Crippen LogP contribution in [0.15, 0.2) is 48.5 Å². The molecule has 2 aromatic rings. The number of nitrogens with one attached hydrogen (secondary N) is 2. The van der Waals surface area contributed by atoms with Gasteiger partial charge in [0.2, 0.25) is 0 Å². The molecule has 2 aromatic carbocycles. The summed E-state index contributed by atoms with van der Waals surface area (Å²) in [6.07, 6.45) is 2.97. The van der Waals surface area contributed by atoms with Crippen LogP contribution >= 0.6 is 0 Å². The molecule has 0 aliphatic carbocycles. The maximum absolute atomic E-state index is 12.4. The molecule has 0 aromatic heterocycles. The molecule has 6 heteroatoms. The molecule has 0 saturated carbocycles. The van der Waals surface area contributed by atoms with E-state index in [1.807, 2.05) is 24.3 Å². The van der Waals surface area contributed by atoms with Crippen molar-refractivity contribution in [2.45, 2.75) is 46.0 Å². The topological polar surface area (TPSA) is 76.7 Å². The first kappa shape index (κ1) is 22.3. The largest absolute Gasteiger partial charge is 0.493 e. The molecule has 6 nitrogen and oxygen atoms in total. The molecule has 0 spiro atoms. The fraction of sp³-hybridized carbons (Fsp3) is 0.391. The first-order valence-electron chi connectivity index (χ1n) is 10.1. The van der Waals surface area contributed by atoms with Gasteiger partial charge >= 0.3 is 0 Å². The summed E-state index contributed by atoms with van der Waals surface area (Å²) < 4.78 is 11.1. The van der Waals surface area contributed by atoms with Crippen molar-refractivity contribution in [3.63, 3.8) is 0 Å². The normalized spacial score (nSPS) is 11.4. The van der Waals surface area contributed by atoms with Gasteiger partial charge in [-0.05, 0) is 48.6 Å². The van der Waals surface area contributed by atoms with E-state index in [2.05, 4.69) is 31.6 Å². The van der Waals surface area contributed by atoms with Crippen LogP contribution in [0.4, 0.5) is 0 Å². The van der Waals surface area contributed by atoms with Gasteiger partial charge in [0.05, 0.1) is 12.2 Å². The highest BCUT2D eigenvalue weighted by atomic mass is 16.5. The number of hydrogen-bond donors (Lipinski definition) is 2. The van der Waals surface area contributed by atoms with E-state index >= 15 is 0 Å². The van der Waals surface area contributed by atoms with E-state index in [1.54, 1.807) is 24.3 Å². The standard InChI is InChI=1S/C23H30N2O4/c1-4-6-15-28-21-10-8-7-9-20(21)23(27)25-24-22(26)16-29-19-13-11-18(12-14-19)17(3)5-2/h7-14,17H,4-6,15-16H2,1-3H3,(H,24,26)(H,25,27). The number of ether oxygens (including phenoxy) is 2. The van der Waals surface area contributed by atoms with Crippen molar-refractivity contribution in [3.8, 4) is 11.5 Å². The van der Waals surface area contributed by atoms with Crippen LogP contribution in [0, 0.1) is 0 Å². The van der Waals surface area contributed by atoms with E-state index < -0.39 is 11.8 Å². The van der Waals surface area contributed by atoms with Crippen molar-refractivity contribution in [1.82, 2.24) is 10.9 Å². The monoisotopic (exact) mass is 398 g/mol. The number of para-hydroxylation sites is 1. The van der Waals surface area contributed by atoms with Crippen molar-refractivity contribution in [2.24, 2.45) is 0 Å². The summed E-state index contributed by atoms with van der Waals surface area (Å²) >= 11 is 0. The molecular formula is C23H30N2O4. The Balaban J connectivity index is 1.81. The van der Waals surface area contributed by atoms with Gasteiger partial charge in [-0.2, -0.15) is 0 Å². The van der Waals surface area contributed by atoms with Crippen molar-refractivity contribution in [3.05, 3.63) is 59.7 Å². The van der Waals surface area contributed by atoms with Crippen LogP contribution in [0.1, 0.15) is 61.9 Å². The Morgan fingerprint density at radius 1 is 0.966 bits per heavy atom. The molecule has 0 fully saturated rings. The Labute approximate surface area is 172 Å². The Morgan fingerprint density at radius 3 is 2.38 bits per heavy atom. The molecule has 2 rings (SSSR count). The number of amides is 2. The van der Waals surface area contributed by atoms with Crippen LogP contribution in [0.2, 0.25) is 0 Å². The van der Waals surface area contributed by atoms with E-state index in [0.717, 1.165) is 19.3 Å². The second-order valence-electron chi connectivity index (χ2n) is 6.87. The zero-order valence-corrected chi connectivity index (χ0v) is 17.4. The average Bonchev–Trinajstić information content (AvgIpc) is 2.76. The number of hydrogen-bond acceptors (Lipinski definition) is 4. The number of carbonyl (C=O) groups is 2. The first-order valence-corrected chi connectivity index (χ1v) is 10.1. The van der Waals surface area contributed by atoms with Crippen molar-refractivity contribution in [1.29, 1.82) is 0 Å². The summed E-state index contributed by atoms with van der Waals surface area (Å²) in [6, 6.07) is 14.6. The second-order valence-corrected chi connectivity index (χ2v) is 6.87. The van der Waals surface area contributed by atoms with Gasteiger partial charge in [-0.15, -0.1) is 0 Å². The molecule has 0 bridgehead atoms. The molecular weight excluding hydrogens is 368 g/mol. The first-order chi connectivity index (χ1) is 14.0. The lowest BCUT2D eigenvalue weighted by Crippen LogP contribution is -2.43. The van der Waals surface area contributed by atoms with Gasteiger partial charge in [0.15, 0.2) is 6.61 Å². The molecule has 1 unspecified atom stereocenters. The van der Waals surface area contributed by atoms with Gasteiger partial charge in [-0.1, -0.05) is 51.5 Å². The predicted molar refractivity (Wildman–Crippen MR) is 113 cm³/mol. The number of carbonyl (C=O) groups excluding carboxylic acids is 2. The summed E-state index contributed by atoms with van der Waals surface area (Å²) in [6.45, 7) is 6.72. The van der Waals surface area contributed by atoms with Crippen molar-refractivity contribution < 1.29 is 19.1 Å². The minimum Gasteiger partial charge on any atom is -0.493 e. The molecule has 0 saturated heterocycles. The van der Waals surface area contributed by atoms with E-state index in [9.17, 15) is 9.59 Å². The second kappa shape index (κ2) is 11.7. The van der Waals surface area contributed by atoms with E-state index in [1.165, 1.54) is 5.56 Å². The summed E-state index contributed by atoms with van der Waals surface area (Å²) in [5.74, 6) is 0.687. The fourth-order valence-electron chi connectivity index (χ4n) is 2.61. The lowest BCUT2D eigenvalue weighted by Gasteiger charge is -2.13. The third kappa shape index (κ3) is 7.14. The lowest BCUT2D eigenvalue weighted by atomic mass is 9.99. The summed E-state index contributed by atoms with van der Waals surface area (Å²) in [5, 5.41) is 0. The Hall–Kier alpha value is -3.02. The zero-order valence-electron chi connectivity index (χ0n) is 17.4. The molecule has 0 aliphatic heterocycles. The van der Waals surface area contributed by atoms with Gasteiger partial charge < -0.3 is 9.47 Å². The van der Waals surface area contributed by atoms with Crippen LogP contribution in [0.3, 0.4) is 0 Å². The summed E-state index contributed by atoms with van der Waals surface area (Å²) in [5.41, 5.74) is 6.36. The Bertz CT molecular complexity index is 790. The molecule has 29 heavy (non-hydrogen) atoms. The van der Waals surface area contributed by atoms with Crippen LogP contribution < -0.4 is 20.3 Å². The zero-order chi connectivity index (χ0) is 21.1. The highest BCUT2D eigenvalue weighted by molar-refractivity contribution is 5.97. The molecule has 2 amide bonds. The predicted octanol–water partition coefficient (Wildman–Crippen LogP) is 4.22. The maximum atomic E-state index is 12.4. The summed E-state index contributed by atoms with van der Waals surface area (Å²) in [4.78, 5) is 24.3. The molecule has 0 radical (unpaired) electrons. The Kier molecular flexibility index (Phi) is 9.02. The highest BCUT2D eigenvalue weighted by Gasteiger charge is 2.13. The smallest absolute Gasteiger partial charge is 0.276 e. The van der Waals surface area contributed by atoms with E-state index in [0.29, 0.717) is 29.6 Å². The minimum atomic E-state index is -0.450. The minimum absolute atomic E-state index is 0.197. The van der Waals surface area contributed by atoms with Gasteiger partial charge in [0, 0.05) is 0 Å². The van der Waals surface area contributed by atoms with Crippen LogP contribution in [-0.4, -0.2) is 25.0 Å². The SMILES string of the molecule is CCCCOc1ccccc1C(=O)NNC(=O)COc1ccc(C(C)CC)cc1. The third-order valence-electron chi connectivity index (χ3n) is 4.63.